The molecule has 2 aromatic heterocycles. The average molecular weight is 324 g/mol. The van der Waals surface area contributed by atoms with Crippen LogP contribution < -0.4 is 11.1 Å². The highest BCUT2D eigenvalue weighted by atomic mass is 16.3. The molecule has 3 aromatic rings. The molecule has 1 amide bonds. The SMILES string of the molecule is Nc1nccnc1C(=O)Nc1cnn(Cc2cccc(CO)c2)c1. The molecule has 122 valence electrons. The molecule has 4 N–H and O–H groups in total. The van der Waals surface area contributed by atoms with Crippen molar-refractivity contribution in [3.8, 4) is 0 Å². The molecule has 0 aliphatic heterocycles. The highest BCUT2D eigenvalue weighted by Gasteiger charge is 2.13. The maximum Gasteiger partial charge on any atom is 0.278 e. The van der Waals surface area contributed by atoms with E-state index in [1.54, 1.807) is 17.1 Å². The van der Waals surface area contributed by atoms with E-state index in [1.807, 2.05) is 24.3 Å². The van der Waals surface area contributed by atoms with Crippen molar-refractivity contribution < 1.29 is 9.90 Å². The minimum Gasteiger partial charge on any atom is -0.392 e. The Balaban J connectivity index is 1.69. The fraction of sp³-hybridized carbons (Fsp3) is 0.125. The van der Waals surface area contributed by atoms with Crippen molar-refractivity contribution in [1.82, 2.24) is 19.7 Å². The van der Waals surface area contributed by atoms with E-state index in [1.165, 1.54) is 12.4 Å². The van der Waals surface area contributed by atoms with E-state index in [2.05, 4.69) is 20.4 Å². The van der Waals surface area contributed by atoms with Gasteiger partial charge in [0.15, 0.2) is 11.5 Å². The summed E-state index contributed by atoms with van der Waals surface area (Å²) < 4.78 is 1.69. The number of amides is 1. The molecule has 8 nitrogen and oxygen atoms in total. The molecule has 0 aliphatic rings. The molecule has 0 saturated heterocycles. The predicted molar refractivity (Wildman–Crippen MR) is 88.1 cm³/mol. The zero-order valence-corrected chi connectivity index (χ0v) is 12.8. The van der Waals surface area contributed by atoms with Crippen LogP contribution in [-0.2, 0) is 13.2 Å². The van der Waals surface area contributed by atoms with Crippen molar-refractivity contribution >= 4 is 17.4 Å². The van der Waals surface area contributed by atoms with Crippen LogP contribution >= 0.6 is 0 Å². The average Bonchev–Trinajstić information content (AvgIpc) is 3.02. The van der Waals surface area contributed by atoms with Gasteiger partial charge in [0, 0.05) is 18.6 Å². The predicted octanol–water partition coefficient (Wildman–Crippen LogP) is 1.05. The summed E-state index contributed by atoms with van der Waals surface area (Å²) in [5, 5.41) is 16.1. The van der Waals surface area contributed by atoms with Gasteiger partial charge in [-0.2, -0.15) is 5.10 Å². The lowest BCUT2D eigenvalue weighted by Gasteiger charge is -2.04. The fourth-order valence-corrected chi connectivity index (χ4v) is 2.24. The summed E-state index contributed by atoms with van der Waals surface area (Å²) in [7, 11) is 0. The van der Waals surface area contributed by atoms with Gasteiger partial charge in [-0.1, -0.05) is 24.3 Å². The Bertz CT molecular complexity index is 861. The van der Waals surface area contributed by atoms with E-state index in [0.717, 1.165) is 11.1 Å². The highest BCUT2D eigenvalue weighted by molar-refractivity contribution is 6.05. The van der Waals surface area contributed by atoms with Crippen LogP contribution in [0.25, 0.3) is 0 Å². The second kappa shape index (κ2) is 6.88. The van der Waals surface area contributed by atoms with Gasteiger partial charge in [-0.3, -0.25) is 9.48 Å². The molecule has 0 unspecified atom stereocenters. The third kappa shape index (κ3) is 3.55. The van der Waals surface area contributed by atoms with Crippen molar-refractivity contribution in [3.63, 3.8) is 0 Å². The molecular formula is C16H16N6O2. The van der Waals surface area contributed by atoms with E-state index < -0.39 is 5.91 Å². The monoisotopic (exact) mass is 324 g/mol. The van der Waals surface area contributed by atoms with Crippen LogP contribution in [0.1, 0.15) is 21.6 Å². The fourth-order valence-electron chi connectivity index (χ4n) is 2.24. The van der Waals surface area contributed by atoms with Crippen molar-refractivity contribution in [2.24, 2.45) is 0 Å². The number of aliphatic hydroxyl groups excluding tert-OH is 1. The lowest BCUT2D eigenvalue weighted by molar-refractivity contribution is 0.102. The van der Waals surface area contributed by atoms with E-state index in [-0.39, 0.29) is 18.1 Å². The van der Waals surface area contributed by atoms with Gasteiger partial charge in [0.1, 0.15) is 0 Å². The van der Waals surface area contributed by atoms with Gasteiger partial charge < -0.3 is 16.2 Å². The van der Waals surface area contributed by atoms with Gasteiger partial charge in [0.25, 0.3) is 5.91 Å². The van der Waals surface area contributed by atoms with E-state index >= 15 is 0 Å². The largest absolute Gasteiger partial charge is 0.392 e. The molecule has 0 spiro atoms. The first-order valence-corrected chi connectivity index (χ1v) is 7.24. The number of benzene rings is 1. The summed E-state index contributed by atoms with van der Waals surface area (Å²) in [6.45, 7) is 0.519. The molecule has 8 heteroatoms. The molecule has 0 bridgehead atoms. The Morgan fingerprint density at radius 2 is 2.04 bits per heavy atom. The topological polar surface area (TPSA) is 119 Å². The molecule has 3 rings (SSSR count). The smallest absolute Gasteiger partial charge is 0.278 e. The van der Waals surface area contributed by atoms with Gasteiger partial charge in [-0.05, 0) is 11.1 Å². The van der Waals surface area contributed by atoms with Gasteiger partial charge >= 0.3 is 0 Å². The number of hydrogen-bond acceptors (Lipinski definition) is 6. The Hall–Kier alpha value is -3.26. The summed E-state index contributed by atoms with van der Waals surface area (Å²) in [4.78, 5) is 19.9. The lowest BCUT2D eigenvalue weighted by Crippen LogP contribution is -2.16. The summed E-state index contributed by atoms with van der Waals surface area (Å²) >= 11 is 0. The van der Waals surface area contributed by atoms with Gasteiger partial charge in [0.05, 0.1) is 25.0 Å². The Labute approximate surface area is 138 Å². The highest BCUT2D eigenvalue weighted by Crippen LogP contribution is 2.12. The van der Waals surface area contributed by atoms with Crippen molar-refractivity contribution in [2.45, 2.75) is 13.2 Å². The summed E-state index contributed by atoms with van der Waals surface area (Å²) in [6, 6.07) is 7.58. The van der Waals surface area contributed by atoms with Crippen LogP contribution in [0.15, 0.2) is 49.1 Å². The van der Waals surface area contributed by atoms with E-state index in [9.17, 15) is 9.90 Å². The van der Waals surface area contributed by atoms with E-state index in [4.69, 9.17) is 5.73 Å². The van der Waals surface area contributed by atoms with Crippen LogP contribution in [0.4, 0.5) is 11.5 Å². The first-order chi connectivity index (χ1) is 11.7. The summed E-state index contributed by atoms with van der Waals surface area (Å²) in [5.41, 5.74) is 8.08. The third-order valence-corrected chi connectivity index (χ3v) is 3.35. The summed E-state index contributed by atoms with van der Waals surface area (Å²) in [5.74, 6) is -0.370. The molecule has 1 aromatic carbocycles. The van der Waals surface area contributed by atoms with Gasteiger partial charge in [-0.15, -0.1) is 0 Å². The number of hydrogen-bond donors (Lipinski definition) is 3. The van der Waals surface area contributed by atoms with Crippen LogP contribution in [0.5, 0.6) is 0 Å². The quantitative estimate of drug-likeness (QED) is 0.645. The van der Waals surface area contributed by atoms with Crippen LogP contribution in [0.2, 0.25) is 0 Å². The molecule has 2 heterocycles. The first kappa shape index (κ1) is 15.6. The van der Waals surface area contributed by atoms with Crippen LogP contribution in [0.3, 0.4) is 0 Å². The number of nitrogens with one attached hydrogen (secondary N) is 1. The molecule has 24 heavy (non-hydrogen) atoms. The zero-order chi connectivity index (χ0) is 16.9. The Morgan fingerprint density at radius 3 is 2.83 bits per heavy atom. The summed E-state index contributed by atoms with van der Waals surface area (Å²) in [6.07, 6.45) is 6.07. The molecule has 0 radical (unpaired) electrons. The maximum absolute atomic E-state index is 12.1. The standard InChI is InChI=1S/C16H16N6O2/c17-15-14(18-4-5-19-15)16(24)21-13-7-20-22(9-13)8-11-2-1-3-12(6-11)10-23/h1-7,9,23H,8,10H2,(H2,17,19)(H,21,24). The Morgan fingerprint density at radius 1 is 1.25 bits per heavy atom. The van der Waals surface area contributed by atoms with Crippen LogP contribution in [0, 0.1) is 0 Å². The lowest BCUT2D eigenvalue weighted by atomic mass is 10.1. The number of aromatic nitrogens is 4. The van der Waals surface area contributed by atoms with Crippen LogP contribution in [-0.4, -0.2) is 30.8 Å². The van der Waals surface area contributed by atoms with Crippen molar-refractivity contribution in [3.05, 3.63) is 65.9 Å². The molecule has 0 saturated carbocycles. The number of aliphatic hydroxyl groups is 1. The molecule has 0 aliphatic carbocycles. The maximum atomic E-state index is 12.1. The third-order valence-electron chi connectivity index (χ3n) is 3.35. The number of rotatable bonds is 5. The number of nitrogens with two attached hydrogens (primary N) is 1. The van der Waals surface area contributed by atoms with Gasteiger partial charge in [0.2, 0.25) is 0 Å². The van der Waals surface area contributed by atoms with E-state index in [0.29, 0.717) is 12.2 Å². The minimum atomic E-state index is -0.442. The van der Waals surface area contributed by atoms with Crippen molar-refractivity contribution in [1.29, 1.82) is 0 Å². The second-order valence-corrected chi connectivity index (χ2v) is 5.15. The first-order valence-electron chi connectivity index (χ1n) is 7.24. The second-order valence-electron chi connectivity index (χ2n) is 5.15. The molecular weight excluding hydrogens is 308 g/mol. The van der Waals surface area contributed by atoms with Crippen molar-refractivity contribution in [2.75, 3.05) is 11.1 Å². The zero-order valence-electron chi connectivity index (χ0n) is 12.8. The number of anilines is 2. The van der Waals surface area contributed by atoms with Gasteiger partial charge in [-0.25, -0.2) is 9.97 Å². The number of nitrogen functional groups attached to an aromatic ring is 1. The number of carbonyl (C=O) groups is 1. The number of carbonyl (C=O) groups excluding carboxylic acids is 1. The molecule has 0 atom stereocenters. The minimum absolute atomic E-state index is 0.00616. The number of nitrogens with zero attached hydrogens (tertiary/aromatic N) is 4. The normalized spacial score (nSPS) is 10.5. The molecule has 0 fully saturated rings. The Kier molecular flexibility index (Phi) is 4.48.